The van der Waals surface area contributed by atoms with Gasteiger partial charge in [-0.25, -0.2) is 0 Å². The Hall–Kier alpha value is -2.86. The summed E-state index contributed by atoms with van der Waals surface area (Å²) in [6.45, 7) is 5.21. The van der Waals surface area contributed by atoms with E-state index in [-0.39, 0.29) is 12.5 Å². The zero-order valence-corrected chi connectivity index (χ0v) is 19.5. The van der Waals surface area contributed by atoms with Crippen molar-refractivity contribution in [2.75, 3.05) is 18.5 Å². The second-order valence-electron chi connectivity index (χ2n) is 8.47. The fourth-order valence-electron chi connectivity index (χ4n) is 4.42. The van der Waals surface area contributed by atoms with Crippen molar-refractivity contribution < 1.29 is 19.1 Å². The number of amides is 2. The third-order valence-corrected chi connectivity index (χ3v) is 6.22. The Bertz CT molecular complexity index is 988. The molecule has 0 aliphatic heterocycles. The Morgan fingerprint density at radius 3 is 2.16 bits per heavy atom. The Labute approximate surface area is 193 Å². The minimum Gasteiger partial charge on any atom is -0.455 e. The molecule has 2 amide bonds. The molecule has 0 radical (unpaired) electrons. The van der Waals surface area contributed by atoms with Crippen molar-refractivity contribution >= 4 is 35.1 Å². The highest BCUT2D eigenvalue weighted by Gasteiger charge is 2.44. The number of benzene rings is 2. The fraction of sp³-hybridized carbons (Fsp3) is 0.400. The summed E-state index contributed by atoms with van der Waals surface area (Å²) in [5.74, 6) is -1.27. The van der Waals surface area contributed by atoms with E-state index in [0.29, 0.717) is 17.9 Å². The Balaban J connectivity index is 1.52. The Morgan fingerprint density at radius 2 is 1.56 bits per heavy atom. The SMILES string of the molecule is Cc1cc(C)c(NC(=O)CNC(=O)COC(=O)C2(c3ccc(Cl)cc3)CCCC2)c(C)c1. The van der Waals surface area contributed by atoms with E-state index in [4.69, 9.17) is 16.3 Å². The van der Waals surface area contributed by atoms with Crippen LogP contribution in [0.4, 0.5) is 5.69 Å². The Morgan fingerprint density at radius 1 is 0.969 bits per heavy atom. The van der Waals surface area contributed by atoms with Gasteiger partial charge in [0.25, 0.3) is 5.91 Å². The van der Waals surface area contributed by atoms with Crippen molar-refractivity contribution in [3.8, 4) is 0 Å². The van der Waals surface area contributed by atoms with Crippen LogP contribution in [0.2, 0.25) is 5.02 Å². The van der Waals surface area contributed by atoms with E-state index in [1.165, 1.54) is 0 Å². The maximum absolute atomic E-state index is 12.9. The van der Waals surface area contributed by atoms with E-state index in [0.717, 1.165) is 40.8 Å². The zero-order chi connectivity index (χ0) is 23.3. The number of hydrogen-bond acceptors (Lipinski definition) is 4. The number of anilines is 1. The van der Waals surface area contributed by atoms with Crippen LogP contribution < -0.4 is 10.6 Å². The summed E-state index contributed by atoms with van der Waals surface area (Å²) >= 11 is 5.98. The molecule has 0 heterocycles. The lowest BCUT2D eigenvalue weighted by atomic mass is 9.79. The monoisotopic (exact) mass is 456 g/mol. The minimum absolute atomic E-state index is 0.203. The molecule has 6 nitrogen and oxygen atoms in total. The van der Waals surface area contributed by atoms with Crippen LogP contribution >= 0.6 is 11.6 Å². The van der Waals surface area contributed by atoms with Crippen molar-refractivity contribution in [3.05, 3.63) is 63.7 Å². The highest BCUT2D eigenvalue weighted by molar-refractivity contribution is 6.30. The first-order valence-corrected chi connectivity index (χ1v) is 11.2. The van der Waals surface area contributed by atoms with Crippen molar-refractivity contribution in [1.29, 1.82) is 0 Å². The number of carbonyl (C=O) groups excluding carboxylic acids is 3. The van der Waals surface area contributed by atoms with Crippen LogP contribution in [0.5, 0.6) is 0 Å². The summed E-state index contributed by atoms with van der Waals surface area (Å²) in [4.78, 5) is 37.4. The number of esters is 1. The lowest BCUT2D eigenvalue weighted by Crippen LogP contribution is -2.39. The summed E-state index contributed by atoms with van der Waals surface area (Å²) in [5, 5.41) is 5.94. The van der Waals surface area contributed by atoms with Crippen molar-refractivity contribution in [2.45, 2.75) is 51.9 Å². The van der Waals surface area contributed by atoms with E-state index in [9.17, 15) is 14.4 Å². The van der Waals surface area contributed by atoms with E-state index in [2.05, 4.69) is 10.6 Å². The van der Waals surface area contributed by atoms with Crippen molar-refractivity contribution in [2.24, 2.45) is 0 Å². The van der Waals surface area contributed by atoms with Crippen molar-refractivity contribution in [1.82, 2.24) is 5.32 Å². The molecule has 2 aromatic carbocycles. The molecule has 1 fully saturated rings. The number of hydrogen-bond donors (Lipinski definition) is 2. The van der Waals surface area contributed by atoms with Gasteiger partial charge in [0, 0.05) is 10.7 Å². The zero-order valence-electron chi connectivity index (χ0n) is 18.7. The first-order chi connectivity index (χ1) is 15.2. The molecule has 2 aromatic rings. The molecule has 32 heavy (non-hydrogen) atoms. The second-order valence-corrected chi connectivity index (χ2v) is 8.91. The number of nitrogens with one attached hydrogen (secondary N) is 2. The Kier molecular flexibility index (Phi) is 7.56. The van der Waals surface area contributed by atoms with Crippen LogP contribution in [0.3, 0.4) is 0 Å². The van der Waals surface area contributed by atoms with Crippen LogP contribution in [-0.2, 0) is 24.5 Å². The van der Waals surface area contributed by atoms with Gasteiger partial charge in [-0.05, 0) is 62.4 Å². The van der Waals surface area contributed by atoms with Crippen LogP contribution in [0.25, 0.3) is 0 Å². The van der Waals surface area contributed by atoms with Crippen LogP contribution in [-0.4, -0.2) is 30.9 Å². The summed E-state index contributed by atoms with van der Waals surface area (Å²) in [6.07, 6.45) is 3.18. The number of carbonyl (C=O) groups is 3. The summed E-state index contributed by atoms with van der Waals surface area (Å²) in [7, 11) is 0. The summed E-state index contributed by atoms with van der Waals surface area (Å²) in [6, 6.07) is 11.2. The number of halogens is 1. The van der Waals surface area contributed by atoms with Crippen LogP contribution in [0, 0.1) is 20.8 Å². The van der Waals surface area contributed by atoms with E-state index < -0.39 is 23.9 Å². The van der Waals surface area contributed by atoms with Gasteiger partial charge in [0.05, 0.1) is 12.0 Å². The van der Waals surface area contributed by atoms with Gasteiger partial charge in [0.2, 0.25) is 5.91 Å². The molecule has 0 spiro atoms. The molecule has 0 unspecified atom stereocenters. The van der Waals surface area contributed by atoms with Gasteiger partial charge >= 0.3 is 5.97 Å². The topological polar surface area (TPSA) is 84.5 Å². The van der Waals surface area contributed by atoms with E-state index in [1.54, 1.807) is 12.1 Å². The molecule has 0 bridgehead atoms. The lowest BCUT2D eigenvalue weighted by Gasteiger charge is -2.27. The minimum atomic E-state index is -0.747. The van der Waals surface area contributed by atoms with Crippen LogP contribution in [0.1, 0.15) is 47.9 Å². The fourth-order valence-corrected chi connectivity index (χ4v) is 4.54. The lowest BCUT2D eigenvalue weighted by molar-refractivity contribution is -0.154. The highest BCUT2D eigenvalue weighted by Crippen LogP contribution is 2.42. The first-order valence-electron chi connectivity index (χ1n) is 10.8. The number of ether oxygens (including phenoxy) is 1. The first kappa shape index (κ1) is 23.8. The second kappa shape index (κ2) is 10.2. The van der Waals surface area contributed by atoms with Gasteiger partial charge in [-0.1, -0.05) is 54.3 Å². The number of aryl methyl sites for hydroxylation is 3. The summed E-state index contributed by atoms with van der Waals surface area (Å²) in [5.41, 5.74) is 3.88. The van der Waals surface area contributed by atoms with Crippen LogP contribution in [0.15, 0.2) is 36.4 Å². The third-order valence-electron chi connectivity index (χ3n) is 5.97. The standard InChI is InChI=1S/C25H29ClN2O4/c1-16-12-17(2)23(18(3)13-16)28-21(29)14-27-22(30)15-32-24(31)25(10-4-5-11-25)19-6-8-20(26)9-7-19/h6-9,12-13H,4-5,10-11,14-15H2,1-3H3,(H,27,30)(H,28,29). The summed E-state index contributed by atoms with van der Waals surface area (Å²) < 4.78 is 5.36. The maximum Gasteiger partial charge on any atom is 0.317 e. The molecule has 7 heteroatoms. The quantitative estimate of drug-likeness (QED) is 0.605. The van der Waals surface area contributed by atoms with Gasteiger partial charge < -0.3 is 15.4 Å². The molecule has 1 aliphatic carbocycles. The molecule has 170 valence electrons. The molecule has 3 rings (SSSR count). The molecular weight excluding hydrogens is 428 g/mol. The number of rotatable bonds is 7. The predicted molar refractivity (Wildman–Crippen MR) is 125 cm³/mol. The molecule has 1 saturated carbocycles. The van der Waals surface area contributed by atoms with Gasteiger partial charge in [0.1, 0.15) is 0 Å². The van der Waals surface area contributed by atoms with Crippen molar-refractivity contribution in [3.63, 3.8) is 0 Å². The molecule has 1 aliphatic rings. The molecule has 0 aromatic heterocycles. The average molecular weight is 457 g/mol. The smallest absolute Gasteiger partial charge is 0.317 e. The molecule has 2 N–H and O–H groups in total. The van der Waals surface area contributed by atoms with Gasteiger partial charge in [-0.15, -0.1) is 0 Å². The third kappa shape index (κ3) is 5.49. The molecule has 0 saturated heterocycles. The maximum atomic E-state index is 12.9. The largest absolute Gasteiger partial charge is 0.455 e. The van der Waals surface area contributed by atoms with Gasteiger partial charge in [-0.2, -0.15) is 0 Å². The van der Waals surface area contributed by atoms with E-state index >= 15 is 0 Å². The van der Waals surface area contributed by atoms with Gasteiger partial charge in [0.15, 0.2) is 6.61 Å². The predicted octanol–water partition coefficient (Wildman–Crippen LogP) is 4.38. The molecule has 0 atom stereocenters. The highest BCUT2D eigenvalue weighted by atomic mass is 35.5. The average Bonchev–Trinajstić information content (AvgIpc) is 3.24. The normalized spacial score (nSPS) is 14.6. The van der Waals surface area contributed by atoms with E-state index in [1.807, 2.05) is 45.0 Å². The molecular formula is C25H29ClN2O4. The van der Waals surface area contributed by atoms with Gasteiger partial charge in [-0.3, -0.25) is 14.4 Å².